The normalized spacial score (nSPS) is 19.5. The first-order chi connectivity index (χ1) is 24.9. The van der Waals surface area contributed by atoms with Crippen molar-refractivity contribution in [2.75, 3.05) is 43.4 Å². The highest BCUT2D eigenvalue weighted by atomic mass is 32.2. The quantitative estimate of drug-likeness (QED) is 0.182. The first-order valence-corrected chi connectivity index (χ1v) is 19.0. The number of fused-ring (bicyclic) bond motifs is 2. The smallest absolute Gasteiger partial charge is 0.321 e. The lowest BCUT2D eigenvalue weighted by Crippen LogP contribution is -2.48. The van der Waals surface area contributed by atoms with Gasteiger partial charge in [0.25, 0.3) is 15.9 Å². The van der Waals surface area contributed by atoms with Crippen LogP contribution >= 0.6 is 0 Å². The maximum absolute atomic E-state index is 14.4. The Kier molecular flexibility index (Phi) is 12.7. The van der Waals surface area contributed by atoms with Crippen LogP contribution in [0.5, 0.6) is 5.75 Å². The van der Waals surface area contributed by atoms with E-state index < -0.39 is 33.9 Å². The van der Waals surface area contributed by atoms with E-state index in [4.69, 9.17) is 9.47 Å². The third-order valence-electron chi connectivity index (χ3n) is 9.26. The van der Waals surface area contributed by atoms with Gasteiger partial charge < -0.3 is 29.7 Å². The molecule has 3 N–H and O–H groups in total. The molecule has 0 spiro atoms. The molecule has 13 heteroatoms. The van der Waals surface area contributed by atoms with Crippen molar-refractivity contribution < 1.29 is 37.0 Å². The van der Waals surface area contributed by atoms with Gasteiger partial charge in [-0.05, 0) is 87.0 Å². The van der Waals surface area contributed by atoms with E-state index in [1.807, 2.05) is 56.3 Å². The standard InChI is InChI=1S/C39H47FN4O7S/c1-26-23-44(27(2)25-45)38(46)34-22-31(42-52(48,49)32-18-15-30(40)16-19-32)17-20-36(34)51-28(3)10-7-8-21-50-37(26)24-43(4)39(47)41-35-14-9-12-29-11-5-6-13-33(29)35/h5-6,9,11-20,22,26-28,37,42,45H,7-8,10,21,23-25H2,1-4H3,(H,41,47)/t26-,27+,28+,37-/m0/s1. The summed E-state index contributed by atoms with van der Waals surface area (Å²) in [4.78, 5) is 30.8. The van der Waals surface area contributed by atoms with Crippen LogP contribution in [0.2, 0.25) is 0 Å². The van der Waals surface area contributed by atoms with Gasteiger partial charge in [0.1, 0.15) is 11.6 Å². The summed E-state index contributed by atoms with van der Waals surface area (Å²) in [7, 11) is -2.41. The molecule has 278 valence electrons. The number of ether oxygens (including phenoxy) is 2. The number of benzene rings is 4. The molecule has 5 rings (SSSR count). The zero-order valence-corrected chi connectivity index (χ0v) is 30.7. The summed E-state index contributed by atoms with van der Waals surface area (Å²) >= 11 is 0. The van der Waals surface area contributed by atoms with Gasteiger partial charge in [0.15, 0.2) is 0 Å². The molecule has 1 aliphatic rings. The molecule has 1 aliphatic heterocycles. The topological polar surface area (TPSA) is 138 Å². The number of sulfonamides is 1. The number of urea groups is 1. The van der Waals surface area contributed by atoms with E-state index in [2.05, 4.69) is 10.0 Å². The lowest BCUT2D eigenvalue weighted by atomic mass is 10.0. The molecule has 4 aromatic rings. The summed E-state index contributed by atoms with van der Waals surface area (Å²) in [5, 5.41) is 15.2. The number of amides is 3. The number of anilines is 2. The number of nitrogens with one attached hydrogen (secondary N) is 2. The Morgan fingerprint density at radius 2 is 1.77 bits per heavy atom. The molecule has 0 saturated carbocycles. The molecule has 0 saturated heterocycles. The lowest BCUT2D eigenvalue weighted by Gasteiger charge is -2.35. The number of hydrogen-bond donors (Lipinski definition) is 3. The molecule has 3 amide bonds. The second-order valence-corrected chi connectivity index (χ2v) is 15.1. The number of rotatable bonds is 8. The van der Waals surface area contributed by atoms with Crippen LogP contribution in [-0.2, 0) is 14.8 Å². The number of hydrogen-bond acceptors (Lipinski definition) is 7. The molecule has 4 atom stereocenters. The van der Waals surface area contributed by atoms with Crippen LogP contribution < -0.4 is 14.8 Å². The highest BCUT2D eigenvalue weighted by molar-refractivity contribution is 7.92. The number of carbonyl (C=O) groups excluding carboxylic acids is 2. The Hall–Kier alpha value is -4.72. The van der Waals surface area contributed by atoms with Gasteiger partial charge in [-0.1, -0.05) is 43.3 Å². The number of nitrogens with zero attached hydrogens (tertiary/aromatic N) is 2. The van der Waals surface area contributed by atoms with E-state index >= 15 is 0 Å². The van der Waals surface area contributed by atoms with Gasteiger partial charge in [-0.2, -0.15) is 0 Å². The molecule has 0 fully saturated rings. The average molecular weight is 735 g/mol. The molecular formula is C39H47FN4O7S. The molecule has 0 unspecified atom stereocenters. The number of halogens is 1. The van der Waals surface area contributed by atoms with Crippen LogP contribution in [0.1, 0.15) is 50.4 Å². The van der Waals surface area contributed by atoms with E-state index in [-0.39, 0.29) is 59.6 Å². The zero-order valence-electron chi connectivity index (χ0n) is 29.9. The van der Waals surface area contributed by atoms with Crippen molar-refractivity contribution in [2.45, 2.75) is 63.2 Å². The zero-order chi connectivity index (χ0) is 37.4. The fourth-order valence-electron chi connectivity index (χ4n) is 6.17. The second kappa shape index (κ2) is 17.2. The van der Waals surface area contributed by atoms with Gasteiger partial charge in [-0.15, -0.1) is 0 Å². The second-order valence-electron chi connectivity index (χ2n) is 13.4. The van der Waals surface area contributed by atoms with E-state index in [0.29, 0.717) is 18.7 Å². The number of likely N-dealkylation sites (N-methyl/N-ethyl adjacent to an activating group) is 1. The summed E-state index contributed by atoms with van der Waals surface area (Å²) in [5.41, 5.74) is 0.913. The Morgan fingerprint density at radius 1 is 1.04 bits per heavy atom. The molecular weight excluding hydrogens is 688 g/mol. The van der Waals surface area contributed by atoms with Crippen molar-refractivity contribution in [1.82, 2.24) is 9.80 Å². The van der Waals surface area contributed by atoms with Crippen molar-refractivity contribution in [1.29, 1.82) is 0 Å². The Morgan fingerprint density at radius 3 is 2.52 bits per heavy atom. The summed E-state index contributed by atoms with van der Waals surface area (Å²) in [5.74, 6) is -1.06. The van der Waals surface area contributed by atoms with Gasteiger partial charge in [0.2, 0.25) is 0 Å². The SMILES string of the molecule is C[C@@H]1CCCCO[C@@H](CN(C)C(=O)Nc2cccc3ccccc23)[C@@H](C)CN([C@H](C)CO)C(=O)c2cc(NS(=O)(=O)c3ccc(F)cc3)ccc2O1. The van der Waals surface area contributed by atoms with Crippen molar-refractivity contribution in [3.63, 3.8) is 0 Å². The Labute approximate surface area is 304 Å². The van der Waals surface area contributed by atoms with Crippen LogP contribution in [0.25, 0.3) is 10.8 Å². The monoisotopic (exact) mass is 734 g/mol. The summed E-state index contributed by atoms with van der Waals surface area (Å²) in [6, 6.07) is 21.5. The highest BCUT2D eigenvalue weighted by Crippen LogP contribution is 2.30. The molecule has 1 heterocycles. The van der Waals surface area contributed by atoms with Gasteiger partial charge in [0, 0.05) is 43.7 Å². The molecule has 52 heavy (non-hydrogen) atoms. The van der Waals surface area contributed by atoms with Crippen LogP contribution in [0, 0.1) is 11.7 Å². The predicted octanol–water partition coefficient (Wildman–Crippen LogP) is 6.74. The van der Waals surface area contributed by atoms with Gasteiger partial charge >= 0.3 is 6.03 Å². The minimum Gasteiger partial charge on any atom is -0.490 e. The number of aliphatic hydroxyl groups excluding tert-OH is 1. The van der Waals surface area contributed by atoms with Gasteiger partial charge in [-0.3, -0.25) is 9.52 Å². The average Bonchev–Trinajstić information content (AvgIpc) is 3.12. The molecule has 0 aromatic heterocycles. The molecule has 0 bridgehead atoms. The van der Waals surface area contributed by atoms with Crippen molar-refractivity contribution in [3.05, 3.63) is 96.3 Å². The predicted molar refractivity (Wildman–Crippen MR) is 200 cm³/mol. The van der Waals surface area contributed by atoms with Crippen LogP contribution in [-0.4, -0.2) is 86.9 Å². The largest absolute Gasteiger partial charge is 0.490 e. The third kappa shape index (κ3) is 9.58. The van der Waals surface area contributed by atoms with Gasteiger partial charge in [0.05, 0.1) is 41.0 Å². The molecule has 11 nitrogen and oxygen atoms in total. The first kappa shape index (κ1) is 38.5. The maximum atomic E-state index is 14.4. The van der Waals surface area contributed by atoms with Gasteiger partial charge in [-0.25, -0.2) is 17.6 Å². The highest BCUT2D eigenvalue weighted by Gasteiger charge is 2.31. The van der Waals surface area contributed by atoms with Crippen LogP contribution in [0.3, 0.4) is 0 Å². The Bertz CT molecular complexity index is 1950. The van der Waals surface area contributed by atoms with E-state index in [0.717, 1.165) is 47.9 Å². The van der Waals surface area contributed by atoms with Crippen molar-refractivity contribution >= 4 is 44.1 Å². The van der Waals surface area contributed by atoms with E-state index in [9.17, 15) is 27.5 Å². The van der Waals surface area contributed by atoms with Crippen LogP contribution in [0.4, 0.5) is 20.6 Å². The maximum Gasteiger partial charge on any atom is 0.321 e. The Balaban J connectivity index is 1.40. The lowest BCUT2D eigenvalue weighted by molar-refractivity contribution is -0.0115. The third-order valence-corrected chi connectivity index (χ3v) is 10.7. The summed E-state index contributed by atoms with van der Waals surface area (Å²) in [6.07, 6.45) is 1.45. The van der Waals surface area contributed by atoms with E-state index in [1.165, 1.54) is 17.0 Å². The van der Waals surface area contributed by atoms with E-state index in [1.54, 1.807) is 24.9 Å². The molecule has 0 radical (unpaired) electrons. The molecule has 4 aromatic carbocycles. The summed E-state index contributed by atoms with van der Waals surface area (Å²) in [6.45, 7) is 6.05. The minimum atomic E-state index is -4.11. The van der Waals surface area contributed by atoms with Crippen molar-refractivity contribution in [2.24, 2.45) is 5.92 Å². The van der Waals surface area contributed by atoms with Crippen LogP contribution in [0.15, 0.2) is 89.8 Å². The first-order valence-electron chi connectivity index (χ1n) is 17.5. The minimum absolute atomic E-state index is 0.110. The number of carbonyl (C=O) groups is 2. The fourth-order valence-corrected chi connectivity index (χ4v) is 7.22. The molecule has 0 aliphatic carbocycles. The summed E-state index contributed by atoms with van der Waals surface area (Å²) < 4.78 is 54.9. The fraction of sp³-hybridized carbons (Fsp3) is 0.385. The number of aliphatic hydroxyl groups is 1. The van der Waals surface area contributed by atoms with Crippen molar-refractivity contribution in [3.8, 4) is 5.75 Å².